The van der Waals surface area contributed by atoms with Gasteiger partial charge >= 0.3 is 0 Å². The van der Waals surface area contributed by atoms with Crippen molar-refractivity contribution in [1.82, 2.24) is 4.98 Å². The molecule has 1 rings (SSSR count). The fourth-order valence-corrected chi connectivity index (χ4v) is 1.43. The summed E-state index contributed by atoms with van der Waals surface area (Å²) >= 11 is 3.32. The molecule has 0 aliphatic rings. The standard InChI is InChI=1S/C9H13BrN2O2/c1-13-3-2-4-14-9-7(10)5-12-6-8(9)11/h5-6H,2-4,11H2,1H3. The van der Waals surface area contributed by atoms with Gasteiger partial charge in [-0.3, -0.25) is 4.98 Å². The van der Waals surface area contributed by atoms with Crippen molar-refractivity contribution in [2.24, 2.45) is 0 Å². The summed E-state index contributed by atoms with van der Waals surface area (Å²) in [5.41, 5.74) is 6.23. The molecule has 1 heterocycles. The number of rotatable bonds is 5. The van der Waals surface area contributed by atoms with E-state index in [1.807, 2.05) is 0 Å². The minimum atomic E-state index is 0.539. The van der Waals surface area contributed by atoms with E-state index in [1.165, 1.54) is 0 Å². The van der Waals surface area contributed by atoms with Gasteiger partial charge in [0.15, 0.2) is 5.75 Å². The molecule has 0 amide bonds. The zero-order valence-corrected chi connectivity index (χ0v) is 9.58. The van der Waals surface area contributed by atoms with Crippen molar-refractivity contribution in [3.63, 3.8) is 0 Å². The normalized spacial score (nSPS) is 10.1. The van der Waals surface area contributed by atoms with E-state index >= 15 is 0 Å². The highest BCUT2D eigenvalue weighted by Gasteiger charge is 2.05. The number of halogens is 1. The average Bonchev–Trinajstić information content (AvgIpc) is 2.16. The van der Waals surface area contributed by atoms with E-state index in [0.29, 0.717) is 24.7 Å². The quantitative estimate of drug-likeness (QED) is 0.821. The Labute approximate surface area is 91.5 Å². The minimum absolute atomic E-state index is 0.539. The monoisotopic (exact) mass is 260 g/mol. The van der Waals surface area contributed by atoms with E-state index in [9.17, 15) is 0 Å². The number of methoxy groups -OCH3 is 1. The van der Waals surface area contributed by atoms with Gasteiger partial charge < -0.3 is 15.2 Å². The Bertz CT molecular complexity index is 274. The highest BCUT2D eigenvalue weighted by molar-refractivity contribution is 9.10. The van der Waals surface area contributed by atoms with Crippen LogP contribution in [0.15, 0.2) is 16.9 Å². The first-order valence-corrected chi connectivity index (χ1v) is 5.05. The first kappa shape index (κ1) is 11.3. The summed E-state index contributed by atoms with van der Waals surface area (Å²) in [6.07, 6.45) is 4.06. The van der Waals surface area contributed by atoms with Crippen LogP contribution in [-0.4, -0.2) is 25.3 Å². The maximum atomic E-state index is 5.69. The summed E-state index contributed by atoms with van der Waals surface area (Å²) in [6.45, 7) is 1.27. The molecule has 14 heavy (non-hydrogen) atoms. The van der Waals surface area contributed by atoms with E-state index in [-0.39, 0.29) is 0 Å². The predicted octanol–water partition coefficient (Wildman–Crippen LogP) is 1.84. The van der Waals surface area contributed by atoms with E-state index in [4.69, 9.17) is 15.2 Å². The molecule has 0 aromatic carbocycles. The fourth-order valence-electron chi connectivity index (χ4n) is 0.968. The highest BCUT2D eigenvalue weighted by Crippen LogP contribution is 2.29. The molecule has 1 aromatic rings. The largest absolute Gasteiger partial charge is 0.490 e. The molecule has 0 fully saturated rings. The molecule has 0 aliphatic heterocycles. The molecule has 0 spiro atoms. The fraction of sp³-hybridized carbons (Fsp3) is 0.444. The third-order valence-electron chi connectivity index (χ3n) is 1.62. The number of pyridine rings is 1. The lowest BCUT2D eigenvalue weighted by molar-refractivity contribution is 0.172. The van der Waals surface area contributed by atoms with Crippen LogP contribution in [-0.2, 0) is 4.74 Å². The van der Waals surface area contributed by atoms with Gasteiger partial charge in [-0.05, 0) is 15.9 Å². The number of nitrogens with two attached hydrogens (primary N) is 1. The number of nitrogens with zero attached hydrogens (tertiary/aromatic N) is 1. The molecular formula is C9H13BrN2O2. The van der Waals surface area contributed by atoms with Gasteiger partial charge in [0, 0.05) is 26.3 Å². The van der Waals surface area contributed by atoms with Gasteiger partial charge in [-0.15, -0.1) is 0 Å². The Kier molecular flexibility index (Phi) is 4.69. The van der Waals surface area contributed by atoms with Gasteiger partial charge in [-0.1, -0.05) is 0 Å². The minimum Gasteiger partial charge on any atom is -0.490 e. The van der Waals surface area contributed by atoms with Crippen LogP contribution in [0.4, 0.5) is 5.69 Å². The van der Waals surface area contributed by atoms with Crippen LogP contribution in [0.25, 0.3) is 0 Å². The molecule has 0 saturated carbocycles. The number of hydrogen-bond donors (Lipinski definition) is 1. The molecule has 78 valence electrons. The van der Waals surface area contributed by atoms with E-state index < -0.39 is 0 Å². The van der Waals surface area contributed by atoms with Crippen molar-refractivity contribution in [2.45, 2.75) is 6.42 Å². The third kappa shape index (κ3) is 3.16. The molecule has 0 saturated heterocycles. The van der Waals surface area contributed by atoms with Crippen molar-refractivity contribution in [3.05, 3.63) is 16.9 Å². The smallest absolute Gasteiger partial charge is 0.159 e. The van der Waals surface area contributed by atoms with Crippen LogP contribution in [0, 0.1) is 0 Å². The Morgan fingerprint density at radius 1 is 1.43 bits per heavy atom. The van der Waals surface area contributed by atoms with Crippen LogP contribution >= 0.6 is 15.9 Å². The van der Waals surface area contributed by atoms with Gasteiger partial charge in [-0.25, -0.2) is 0 Å². The molecule has 1 aromatic heterocycles. The molecule has 0 atom stereocenters. The summed E-state index contributed by atoms with van der Waals surface area (Å²) in [5.74, 6) is 0.649. The topological polar surface area (TPSA) is 57.4 Å². The van der Waals surface area contributed by atoms with Crippen molar-refractivity contribution in [3.8, 4) is 5.75 Å². The first-order valence-electron chi connectivity index (χ1n) is 4.26. The zero-order chi connectivity index (χ0) is 10.4. The second-order valence-corrected chi connectivity index (χ2v) is 3.59. The second-order valence-electron chi connectivity index (χ2n) is 2.73. The predicted molar refractivity (Wildman–Crippen MR) is 58.3 cm³/mol. The molecule has 0 unspecified atom stereocenters. The van der Waals surface area contributed by atoms with Crippen molar-refractivity contribution >= 4 is 21.6 Å². The van der Waals surface area contributed by atoms with Gasteiger partial charge in [0.1, 0.15) is 0 Å². The van der Waals surface area contributed by atoms with E-state index in [0.717, 1.165) is 10.9 Å². The van der Waals surface area contributed by atoms with Crippen molar-refractivity contribution in [2.75, 3.05) is 26.1 Å². The SMILES string of the molecule is COCCCOc1c(N)cncc1Br. The Hall–Kier alpha value is -0.810. The number of aromatic nitrogens is 1. The number of hydrogen-bond acceptors (Lipinski definition) is 4. The molecule has 4 nitrogen and oxygen atoms in total. The third-order valence-corrected chi connectivity index (χ3v) is 2.18. The van der Waals surface area contributed by atoms with Crippen LogP contribution < -0.4 is 10.5 Å². The number of ether oxygens (including phenoxy) is 2. The van der Waals surface area contributed by atoms with Crippen LogP contribution in [0.2, 0.25) is 0 Å². The summed E-state index contributed by atoms with van der Waals surface area (Å²) in [6, 6.07) is 0. The van der Waals surface area contributed by atoms with E-state index in [1.54, 1.807) is 19.5 Å². The molecule has 0 radical (unpaired) electrons. The Morgan fingerprint density at radius 3 is 2.86 bits per heavy atom. The molecule has 0 aliphatic carbocycles. The van der Waals surface area contributed by atoms with Crippen molar-refractivity contribution < 1.29 is 9.47 Å². The van der Waals surface area contributed by atoms with Gasteiger partial charge in [-0.2, -0.15) is 0 Å². The lowest BCUT2D eigenvalue weighted by Gasteiger charge is -2.09. The summed E-state index contributed by atoms with van der Waals surface area (Å²) in [4.78, 5) is 3.91. The number of anilines is 1. The lowest BCUT2D eigenvalue weighted by Crippen LogP contribution is -2.04. The van der Waals surface area contributed by atoms with Gasteiger partial charge in [0.25, 0.3) is 0 Å². The molecule has 2 N–H and O–H groups in total. The van der Waals surface area contributed by atoms with Gasteiger partial charge in [0.2, 0.25) is 0 Å². The zero-order valence-electron chi connectivity index (χ0n) is 8.00. The summed E-state index contributed by atoms with van der Waals surface area (Å²) in [7, 11) is 1.66. The Balaban J connectivity index is 2.49. The maximum Gasteiger partial charge on any atom is 0.159 e. The van der Waals surface area contributed by atoms with Crippen LogP contribution in [0.5, 0.6) is 5.75 Å². The van der Waals surface area contributed by atoms with Gasteiger partial charge in [0.05, 0.1) is 23.0 Å². The molecule has 5 heteroatoms. The highest BCUT2D eigenvalue weighted by atomic mass is 79.9. The lowest BCUT2D eigenvalue weighted by atomic mass is 10.4. The van der Waals surface area contributed by atoms with Crippen molar-refractivity contribution in [1.29, 1.82) is 0 Å². The van der Waals surface area contributed by atoms with Crippen LogP contribution in [0.1, 0.15) is 6.42 Å². The van der Waals surface area contributed by atoms with Crippen LogP contribution in [0.3, 0.4) is 0 Å². The molecular weight excluding hydrogens is 248 g/mol. The summed E-state index contributed by atoms with van der Waals surface area (Å²) < 4.78 is 11.2. The Morgan fingerprint density at radius 2 is 2.21 bits per heavy atom. The first-order chi connectivity index (χ1) is 6.75. The summed E-state index contributed by atoms with van der Waals surface area (Å²) in [5, 5.41) is 0. The van der Waals surface area contributed by atoms with E-state index in [2.05, 4.69) is 20.9 Å². The maximum absolute atomic E-state index is 5.69. The number of nitrogen functional groups attached to an aromatic ring is 1. The molecule has 0 bridgehead atoms. The second kappa shape index (κ2) is 5.82. The average molecular weight is 261 g/mol.